The Morgan fingerprint density at radius 3 is 3.28 bits per heavy atom. The SMILES string of the molecule is CNc1ncccc1CN1CCOCC1C(N)=O. The molecule has 1 fully saturated rings. The Kier molecular flexibility index (Phi) is 4.11. The molecule has 1 amide bonds. The number of hydrogen-bond donors (Lipinski definition) is 2. The number of carbonyl (C=O) groups is 1. The van der Waals surface area contributed by atoms with Crippen molar-refractivity contribution in [2.45, 2.75) is 12.6 Å². The lowest BCUT2D eigenvalue weighted by atomic mass is 10.1. The Morgan fingerprint density at radius 1 is 1.72 bits per heavy atom. The van der Waals surface area contributed by atoms with Crippen molar-refractivity contribution in [1.82, 2.24) is 9.88 Å². The maximum absolute atomic E-state index is 11.4. The number of ether oxygens (including phenoxy) is 1. The van der Waals surface area contributed by atoms with Crippen LogP contribution in [0, 0.1) is 0 Å². The largest absolute Gasteiger partial charge is 0.378 e. The third-order valence-corrected chi connectivity index (χ3v) is 3.07. The van der Waals surface area contributed by atoms with E-state index < -0.39 is 0 Å². The first kappa shape index (κ1) is 12.8. The molecule has 1 atom stereocenters. The molecule has 2 heterocycles. The number of aromatic nitrogens is 1. The van der Waals surface area contributed by atoms with Crippen molar-refractivity contribution in [1.29, 1.82) is 0 Å². The third kappa shape index (κ3) is 2.77. The molecule has 18 heavy (non-hydrogen) atoms. The van der Waals surface area contributed by atoms with Crippen LogP contribution in [0.15, 0.2) is 18.3 Å². The standard InChI is InChI=1S/C12H18N4O2/c1-14-12-9(3-2-4-15-12)7-16-5-6-18-8-10(16)11(13)17/h2-4,10H,5-8H2,1H3,(H2,13,17)(H,14,15). The smallest absolute Gasteiger partial charge is 0.237 e. The first-order valence-corrected chi connectivity index (χ1v) is 5.95. The summed E-state index contributed by atoms with van der Waals surface area (Å²) in [6.07, 6.45) is 1.74. The number of anilines is 1. The number of nitrogens with two attached hydrogens (primary N) is 1. The Balaban J connectivity index is 2.13. The fraction of sp³-hybridized carbons (Fsp3) is 0.500. The van der Waals surface area contributed by atoms with Crippen molar-refractivity contribution in [2.24, 2.45) is 5.73 Å². The molecule has 1 unspecified atom stereocenters. The highest BCUT2D eigenvalue weighted by molar-refractivity contribution is 5.80. The van der Waals surface area contributed by atoms with Crippen LogP contribution in [-0.4, -0.2) is 48.6 Å². The van der Waals surface area contributed by atoms with Gasteiger partial charge in [0.1, 0.15) is 11.9 Å². The molecule has 3 N–H and O–H groups in total. The van der Waals surface area contributed by atoms with Crippen molar-refractivity contribution in [2.75, 3.05) is 32.1 Å². The van der Waals surface area contributed by atoms with E-state index in [1.54, 1.807) is 6.20 Å². The molecular formula is C12H18N4O2. The van der Waals surface area contributed by atoms with E-state index in [1.165, 1.54) is 0 Å². The summed E-state index contributed by atoms with van der Waals surface area (Å²) in [6.45, 7) is 2.33. The Morgan fingerprint density at radius 2 is 2.56 bits per heavy atom. The molecule has 0 aromatic carbocycles. The van der Waals surface area contributed by atoms with Gasteiger partial charge in [0, 0.05) is 31.9 Å². The molecule has 0 bridgehead atoms. The van der Waals surface area contributed by atoms with E-state index in [0.29, 0.717) is 26.3 Å². The first-order chi connectivity index (χ1) is 8.72. The number of rotatable bonds is 4. The van der Waals surface area contributed by atoms with Gasteiger partial charge in [-0.25, -0.2) is 4.98 Å². The van der Waals surface area contributed by atoms with Gasteiger partial charge in [0.05, 0.1) is 13.2 Å². The minimum absolute atomic E-state index is 0.343. The molecule has 0 aliphatic carbocycles. The van der Waals surface area contributed by atoms with Crippen LogP contribution < -0.4 is 11.1 Å². The molecule has 0 radical (unpaired) electrons. The topological polar surface area (TPSA) is 80.5 Å². The Bertz CT molecular complexity index is 424. The van der Waals surface area contributed by atoms with Gasteiger partial charge in [-0.2, -0.15) is 0 Å². The number of carbonyl (C=O) groups excluding carboxylic acids is 1. The highest BCUT2D eigenvalue weighted by Crippen LogP contribution is 2.17. The van der Waals surface area contributed by atoms with Crippen LogP contribution in [0.2, 0.25) is 0 Å². The number of hydrogen-bond acceptors (Lipinski definition) is 5. The monoisotopic (exact) mass is 250 g/mol. The van der Waals surface area contributed by atoms with Crippen molar-refractivity contribution in [3.63, 3.8) is 0 Å². The average molecular weight is 250 g/mol. The van der Waals surface area contributed by atoms with Gasteiger partial charge in [-0.15, -0.1) is 0 Å². The van der Waals surface area contributed by atoms with E-state index in [-0.39, 0.29) is 11.9 Å². The minimum Gasteiger partial charge on any atom is -0.378 e. The van der Waals surface area contributed by atoms with Gasteiger partial charge in [-0.3, -0.25) is 9.69 Å². The van der Waals surface area contributed by atoms with Crippen LogP contribution in [0.5, 0.6) is 0 Å². The van der Waals surface area contributed by atoms with E-state index >= 15 is 0 Å². The van der Waals surface area contributed by atoms with Crippen LogP contribution in [0.3, 0.4) is 0 Å². The number of morpholine rings is 1. The summed E-state index contributed by atoms with van der Waals surface area (Å²) in [5, 5.41) is 3.04. The van der Waals surface area contributed by atoms with Crippen molar-refractivity contribution in [3.8, 4) is 0 Å². The normalized spacial score (nSPS) is 20.6. The summed E-state index contributed by atoms with van der Waals surface area (Å²) in [6, 6.07) is 3.52. The van der Waals surface area contributed by atoms with Crippen LogP contribution >= 0.6 is 0 Å². The molecule has 1 aromatic rings. The van der Waals surface area contributed by atoms with Gasteiger partial charge < -0.3 is 15.8 Å². The molecule has 0 saturated carbocycles. The zero-order chi connectivity index (χ0) is 13.0. The maximum Gasteiger partial charge on any atom is 0.237 e. The second kappa shape index (κ2) is 5.79. The fourth-order valence-electron chi connectivity index (χ4n) is 2.10. The summed E-state index contributed by atoms with van der Waals surface area (Å²) in [5.74, 6) is 0.483. The van der Waals surface area contributed by atoms with E-state index in [0.717, 1.165) is 11.4 Å². The van der Waals surface area contributed by atoms with Crippen LogP contribution in [0.1, 0.15) is 5.56 Å². The molecule has 1 aliphatic rings. The highest BCUT2D eigenvalue weighted by atomic mass is 16.5. The third-order valence-electron chi connectivity index (χ3n) is 3.07. The quantitative estimate of drug-likeness (QED) is 0.774. The number of pyridine rings is 1. The number of nitrogens with zero attached hydrogens (tertiary/aromatic N) is 2. The predicted octanol–water partition coefficient (Wildman–Crippen LogP) is -0.191. The maximum atomic E-state index is 11.4. The predicted molar refractivity (Wildman–Crippen MR) is 68.0 cm³/mol. The molecule has 0 spiro atoms. The Hall–Kier alpha value is -1.66. The van der Waals surface area contributed by atoms with Gasteiger partial charge in [-0.05, 0) is 6.07 Å². The van der Waals surface area contributed by atoms with E-state index in [1.807, 2.05) is 24.1 Å². The van der Waals surface area contributed by atoms with E-state index in [2.05, 4.69) is 10.3 Å². The molecule has 98 valence electrons. The molecule has 1 aliphatic heterocycles. The zero-order valence-corrected chi connectivity index (χ0v) is 10.4. The molecule has 2 rings (SSSR count). The lowest BCUT2D eigenvalue weighted by Gasteiger charge is -2.33. The lowest BCUT2D eigenvalue weighted by molar-refractivity contribution is -0.129. The zero-order valence-electron chi connectivity index (χ0n) is 10.4. The van der Waals surface area contributed by atoms with Gasteiger partial charge >= 0.3 is 0 Å². The van der Waals surface area contributed by atoms with Crippen molar-refractivity contribution < 1.29 is 9.53 Å². The average Bonchev–Trinajstić information content (AvgIpc) is 2.40. The van der Waals surface area contributed by atoms with Gasteiger partial charge in [0.15, 0.2) is 0 Å². The van der Waals surface area contributed by atoms with Crippen molar-refractivity contribution in [3.05, 3.63) is 23.9 Å². The second-order valence-electron chi connectivity index (χ2n) is 4.22. The lowest BCUT2D eigenvalue weighted by Crippen LogP contribution is -2.51. The van der Waals surface area contributed by atoms with Gasteiger partial charge in [0.25, 0.3) is 0 Å². The Labute approximate surface area is 106 Å². The molecule has 6 heteroatoms. The number of amides is 1. The van der Waals surface area contributed by atoms with E-state index in [9.17, 15) is 4.79 Å². The summed E-state index contributed by atoms with van der Waals surface area (Å²) in [7, 11) is 1.83. The van der Waals surface area contributed by atoms with E-state index in [4.69, 9.17) is 10.5 Å². The van der Waals surface area contributed by atoms with Gasteiger partial charge in [-0.1, -0.05) is 6.07 Å². The highest BCUT2D eigenvalue weighted by Gasteiger charge is 2.28. The number of primary amides is 1. The first-order valence-electron chi connectivity index (χ1n) is 5.95. The summed E-state index contributed by atoms with van der Waals surface area (Å²) in [5.41, 5.74) is 6.44. The summed E-state index contributed by atoms with van der Waals surface area (Å²) in [4.78, 5) is 17.7. The summed E-state index contributed by atoms with van der Waals surface area (Å²) < 4.78 is 5.29. The molecule has 1 aromatic heterocycles. The number of nitrogens with one attached hydrogen (secondary N) is 1. The van der Waals surface area contributed by atoms with Crippen LogP contribution in [0.25, 0.3) is 0 Å². The van der Waals surface area contributed by atoms with Crippen LogP contribution in [-0.2, 0) is 16.1 Å². The molecular weight excluding hydrogens is 232 g/mol. The van der Waals surface area contributed by atoms with Gasteiger partial charge in [0.2, 0.25) is 5.91 Å². The molecule has 6 nitrogen and oxygen atoms in total. The second-order valence-corrected chi connectivity index (χ2v) is 4.22. The molecule has 1 saturated heterocycles. The fourth-order valence-corrected chi connectivity index (χ4v) is 2.10. The summed E-state index contributed by atoms with van der Waals surface area (Å²) >= 11 is 0. The van der Waals surface area contributed by atoms with Crippen LogP contribution in [0.4, 0.5) is 5.82 Å². The van der Waals surface area contributed by atoms with Crippen molar-refractivity contribution >= 4 is 11.7 Å². The minimum atomic E-state index is -0.358.